The Morgan fingerprint density at radius 3 is 2.50 bits per heavy atom. The van der Waals surface area contributed by atoms with Gasteiger partial charge in [0.15, 0.2) is 0 Å². The summed E-state index contributed by atoms with van der Waals surface area (Å²) in [5.41, 5.74) is 0.00746. The molecule has 1 fully saturated rings. The van der Waals surface area contributed by atoms with E-state index in [2.05, 4.69) is 42.0 Å². The average molecular weight is 417 g/mol. The largest absolute Gasteiger partial charge is 0.355 e. The quantitative estimate of drug-likeness (QED) is 0.819. The zero-order chi connectivity index (χ0) is 18.0. The van der Waals surface area contributed by atoms with E-state index >= 15 is 0 Å². The number of nitrogens with one attached hydrogen (secondary N) is 1. The number of carbonyl (C=O) groups excluding carboxylic acids is 1. The minimum absolute atomic E-state index is 0.00746. The monoisotopic (exact) mass is 416 g/mol. The van der Waals surface area contributed by atoms with E-state index in [4.69, 9.17) is 0 Å². The van der Waals surface area contributed by atoms with Crippen LogP contribution in [0.5, 0.6) is 0 Å². The third-order valence-corrected chi connectivity index (χ3v) is 6.41. The Labute approximate surface area is 153 Å². The van der Waals surface area contributed by atoms with Gasteiger partial charge in [0.1, 0.15) is 0 Å². The molecule has 2 rings (SSSR count). The first-order chi connectivity index (χ1) is 11.1. The zero-order valence-corrected chi connectivity index (χ0v) is 16.8. The van der Waals surface area contributed by atoms with Gasteiger partial charge in [-0.25, -0.2) is 8.42 Å². The number of amides is 1. The average Bonchev–Trinajstić information content (AvgIpc) is 2.52. The number of benzene rings is 1. The van der Waals surface area contributed by atoms with Gasteiger partial charge in [-0.3, -0.25) is 4.79 Å². The Bertz CT molecular complexity index is 681. The molecule has 134 valence electrons. The van der Waals surface area contributed by atoms with E-state index < -0.39 is 10.0 Å². The predicted octanol–water partition coefficient (Wildman–Crippen LogP) is 3.01. The summed E-state index contributed by atoms with van der Waals surface area (Å²) in [5, 5.41) is 2.94. The fraction of sp³-hybridized carbons (Fsp3) is 0.588. The number of sulfonamides is 1. The standard InChI is InChI=1S/C17H25BrN2O3S/c1-17(2,3)12-19-16(21)13-5-4-10-20(11-13)24(22,23)15-8-6-14(18)7-9-15/h6-9,13H,4-5,10-12H2,1-3H3,(H,19,21). The molecule has 1 aliphatic heterocycles. The molecular weight excluding hydrogens is 392 g/mol. The van der Waals surface area contributed by atoms with Gasteiger partial charge in [-0.2, -0.15) is 4.31 Å². The number of nitrogens with zero attached hydrogens (tertiary/aromatic N) is 1. The number of carbonyl (C=O) groups is 1. The highest BCUT2D eigenvalue weighted by atomic mass is 79.9. The van der Waals surface area contributed by atoms with Crippen molar-refractivity contribution >= 4 is 31.9 Å². The molecule has 5 nitrogen and oxygen atoms in total. The van der Waals surface area contributed by atoms with Crippen molar-refractivity contribution < 1.29 is 13.2 Å². The molecule has 1 saturated heterocycles. The van der Waals surface area contributed by atoms with Crippen LogP contribution in [-0.4, -0.2) is 38.3 Å². The van der Waals surface area contributed by atoms with Gasteiger partial charge in [-0.15, -0.1) is 0 Å². The summed E-state index contributed by atoms with van der Waals surface area (Å²) < 4.78 is 27.8. The van der Waals surface area contributed by atoms with Gasteiger partial charge in [-0.05, 0) is 42.5 Å². The highest BCUT2D eigenvalue weighted by Crippen LogP contribution is 2.25. The summed E-state index contributed by atoms with van der Waals surface area (Å²) in [6.07, 6.45) is 1.42. The van der Waals surface area contributed by atoms with E-state index in [1.54, 1.807) is 24.3 Å². The van der Waals surface area contributed by atoms with E-state index in [9.17, 15) is 13.2 Å². The van der Waals surface area contributed by atoms with E-state index in [-0.39, 0.29) is 28.7 Å². The zero-order valence-electron chi connectivity index (χ0n) is 14.4. The highest BCUT2D eigenvalue weighted by molar-refractivity contribution is 9.10. The Kier molecular flexibility index (Phi) is 6.09. The van der Waals surface area contributed by atoms with Crippen LogP contribution in [-0.2, 0) is 14.8 Å². The summed E-state index contributed by atoms with van der Waals surface area (Å²) in [6, 6.07) is 6.60. The number of rotatable bonds is 4. The normalized spacial score (nSPS) is 19.9. The van der Waals surface area contributed by atoms with Crippen LogP contribution in [0, 0.1) is 11.3 Å². The Balaban J connectivity index is 2.07. The van der Waals surface area contributed by atoms with Gasteiger partial charge >= 0.3 is 0 Å². The predicted molar refractivity (Wildman–Crippen MR) is 98.1 cm³/mol. The molecule has 1 aromatic rings. The van der Waals surface area contributed by atoms with Crippen molar-refractivity contribution in [2.75, 3.05) is 19.6 Å². The number of piperidine rings is 1. The van der Waals surface area contributed by atoms with Gasteiger partial charge in [0, 0.05) is 24.1 Å². The Hall–Kier alpha value is -0.920. The second kappa shape index (κ2) is 7.54. The fourth-order valence-electron chi connectivity index (χ4n) is 2.63. The second-order valence-corrected chi connectivity index (χ2v) is 10.3. The minimum atomic E-state index is -3.56. The van der Waals surface area contributed by atoms with Gasteiger partial charge in [0.05, 0.1) is 10.8 Å². The van der Waals surface area contributed by atoms with Gasteiger partial charge in [0.2, 0.25) is 15.9 Å². The summed E-state index contributed by atoms with van der Waals surface area (Å²) in [5.74, 6) is -0.341. The summed E-state index contributed by atoms with van der Waals surface area (Å²) in [7, 11) is -3.56. The first-order valence-electron chi connectivity index (χ1n) is 8.13. The lowest BCUT2D eigenvalue weighted by molar-refractivity contribution is -0.126. The maximum Gasteiger partial charge on any atom is 0.243 e. The van der Waals surface area contributed by atoms with Crippen LogP contribution in [0.4, 0.5) is 0 Å². The fourth-order valence-corrected chi connectivity index (χ4v) is 4.42. The molecule has 1 unspecified atom stereocenters. The first-order valence-corrected chi connectivity index (χ1v) is 10.4. The van der Waals surface area contributed by atoms with Crippen molar-refractivity contribution in [3.05, 3.63) is 28.7 Å². The van der Waals surface area contributed by atoms with Crippen LogP contribution in [0.25, 0.3) is 0 Å². The minimum Gasteiger partial charge on any atom is -0.355 e. The Morgan fingerprint density at radius 2 is 1.92 bits per heavy atom. The summed E-state index contributed by atoms with van der Waals surface area (Å²) in [6.45, 7) is 7.45. The van der Waals surface area contributed by atoms with Crippen LogP contribution < -0.4 is 5.32 Å². The Morgan fingerprint density at radius 1 is 1.29 bits per heavy atom. The molecule has 1 aliphatic rings. The summed E-state index contributed by atoms with van der Waals surface area (Å²) >= 11 is 3.31. The topological polar surface area (TPSA) is 66.5 Å². The van der Waals surface area contributed by atoms with Crippen LogP contribution in [0.15, 0.2) is 33.6 Å². The highest BCUT2D eigenvalue weighted by Gasteiger charge is 2.33. The molecular formula is C17H25BrN2O3S. The second-order valence-electron chi connectivity index (χ2n) is 7.43. The maximum absolute atomic E-state index is 12.8. The lowest BCUT2D eigenvalue weighted by atomic mass is 9.95. The third-order valence-electron chi connectivity index (χ3n) is 4.00. The smallest absolute Gasteiger partial charge is 0.243 e. The third kappa shape index (κ3) is 5.04. The molecule has 1 N–H and O–H groups in total. The molecule has 1 atom stereocenters. The first kappa shape index (κ1) is 19.4. The summed E-state index contributed by atoms with van der Waals surface area (Å²) in [4.78, 5) is 12.6. The molecule has 0 aliphatic carbocycles. The van der Waals surface area contributed by atoms with Crippen molar-refractivity contribution in [1.82, 2.24) is 9.62 Å². The van der Waals surface area contributed by atoms with Crippen molar-refractivity contribution in [1.29, 1.82) is 0 Å². The van der Waals surface area contributed by atoms with E-state index in [0.717, 1.165) is 10.9 Å². The lowest BCUT2D eigenvalue weighted by Crippen LogP contribution is -2.46. The lowest BCUT2D eigenvalue weighted by Gasteiger charge is -2.32. The van der Waals surface area contributed by atoms with E-state index in [1.807, 2.05) is 0 Å². The molecule has 1 heterocycles. The molecule has 7 heteroatoms. The van der Waals surface area contributed by atoms with Gasteiger partial charge in [-0.1, -0.05) is 36.7 Å². The van der Waals surface area contributed by atoms with Crippen molar-refractivity contribution in [2.24, 2.45) is 11.3 Å². The van der Waals surface area contributed by atoms with Crippen molar-refractivity contribution in [2.45, 2.75) is 38.5 Å². The molecule has 24 heavy (non-hydrogen) atoms. The number of hydrogen-bond acceptors (Lipinski definition) is 3. The number of halogens is 1. The van der Waals surface area contributed by atoms with Crippen LogP contribution in [0.3, 0.4) is 0 Å². The van der Waals surface area contributed by atoms with Crippen LogP contribution in [0.1, 0.15) is 33.6 Å². The maximum atomic E-state index is 12.8. The van der Waals surface area contributed by atoms with Gasteiger partial charge < -0.3 is 5.32 Å². The molecule has 0 bridgehead atoms. The molecule has 0 saturated carbocycles. The van der Waals surface area contributed by atoms with Crippen LogP contribution in [0.2, 0.25) is 0 Å². The molecule has 1 amide bonds. The number of hydrogen-bond donors (Lipinski definition) is 1. The molecule has 0 spiro atoms. The van der Waals surface area contributed by atoms with Crippen LogP contribution >= 0.6 is 15.9 Å². The van der Waals surface area contributed by atoms with E-state index in [0.29, 0.717) is 19.5 Å². The molecule has 0 aromatic heterocycles. The SMILES string of the molecule is CC(C)(C)CNC(=O)C1CCCN(S(=O)(=O)c2ccc(Br)cc2)C1. The van der Waals surface area contributed by atoms with Crippen molar-refractivity contribution in [3.8, 4) is 0 Å². The van der Waals surface area contributed by atoms with Crippen molar-refractivity contribution in [3.63, 3.8) is 0 Å². The van der Waals surface area contributed by atoms with E-state index in [1.165, 1.54) is 4.31 Å². The molecule has 1 aromatic carbocycles. The van der Waals surface area contributed by atoms with Gasteiger partial charge in [0.25, 0.3) is 0 Å². The molecule has 0 radical (unpaired) electrons.